The van der Waals surface area contributed by atoms with Crippen molar-refractivity contribution in [3.8, 4) is 0 Å². The number of nitrogens with zero attached hydrogens (tertiary/aromatic N) is 1. The van der Waals surface area contributed by atoms with Crippen LogP contribution in [0.15, 0.2) is 6.33 Å². The molecule has 0 aromatic carbocycles. The molecule has 2 heterocycles. The van der Waals surface area contributed by atoms with E-state index in [-0.39, 0.29) is 5.97 Å². The number of aromatic nitrogens is 2. The van der Waals surface area contributed by atoms with Crippen molar-refractivity contribution in [1.82, 2.24) is 15.3 Å². The van der Waals surface area contributed by atoms with Gasteiger partial charge in [0.05, 0.1) is 19.1 Å². The lowest BCUT2D eigenvalue weighted by atomic mass is 9.87. The summed E-state index contributed by atoms with van der Waals surface area (Å²) in [6.45, 7) is 2.71. The van der Waals surface area contributed by atoms with Gasteiger partial charge < -0.3 is 9.72 Å². The molecule has 0 saturated carbocycles. The van der Waals surface area contributed by atoms with Gasteiger partial charge >= 0.3 is 5.97 Å². The fourth-order valence-electron chi connectivity index (χ4n) is 2.14. The molecule has 0 aliphatic carbocycles. The van der Waals surface area contributed by atoms with Crippen LogP contribution in [0.1, 0.15) is 24.7 Å². The zero-order chi connectivity index (χ0) is 10.9. The van der Waals surface area contributed by atoms with Crippen LogP contribution in [0.3, 0.4) is 0 Å². The molecule has 1 aromatic rings. The monoisotopic (exact) mass is 209 g/mol. The van der Waals surface area contributed by atoms with E-state index in [2.05, 4.69) is 15.3 Å². The summed E-state index contributed by atoms with van der Waals surface area (Å²) < 4.78 is 4.85. The maximum Gasteiger partial charge on any atom is 0.332 e. The van der Waals surface area contributed by atoms with Crippen molar-refractivity contribution >= 4 is 5.97 Å². The van der Waals surface area contributed by atoms with E-state index in [1.807, 2.05) is 6.92 Å². The van der Waals surface area contributed by atoms with E-state index < -0.39 is 5.54 Å². The molecule has 82 valence electrons. The topological polar surface area (TPSA) is 67.0 Å². The summed E-state index contributed by atoms with van der Waals surface area (Å²) >= 11 is 0. The third kappa shape index (κ3) is 1.34. The smallest absolute Gasteiger partial charge is 0.332 e. The molecular weight excluding hydrogens is 194 g/mol. The third-order valence-electron chi connectivity index (χ3n) is 2.99. The number of imidazole rings is 1. The lowest BCUT2D eigenvalue weighted by molar-refractivity contribution is -0.149. The quantitative estimate of drug-likeness (QED) is 0.689. The summed E-state index contributed by atoms with van der Waals surface area (Å²) in [7, 11) is 1.41. The molecule has 1 atom stereocenters. The van der Waals surface area contributed by atoms with Crippen LogP contribution in [0, 0.1) is 0 Å². The second kappa shape index (κ2) is 3.66. The Bertz CT molecular complexity index is 374. The number of rotatable bonds is 2. The molecule has 5 nitrogen and oxygen atoms in total. The number of carbonyl (C=O) groups excluding carboxylic acids is 1. The zero-order valence-corrected chi connectivity index (χ0v) is 8.96. The number of hydrogen-bond donors (Lipinski definition) is 2. The third-order valence-corrected chi connectivity index (χ3v) is 2.99. The normalized spacial score (nSPS) is 24.7. The molecule has 0 amide bonds. The highest BCUT2D eigenvalue weighted by Gasteiger charge is 2.44. The van der Waals surface area contributed by atoms with Crippen LogP contribution in [0.25, 0.3) is 0 Å². The molecule has 0 spiro atoms. The van der Waals surface area contributed by atoms with Crippen molar-refractivity contribution in [2.45, 2.75) is 25.3 Å². The molecule has 0 bridgehead atoms. The largest absolute Gasteiger partial charge is 0.467 e. The van der Waals surface area contributed by atoms with Gasteiger partial charge in [-0.2, -0.15) is 0 Å². The minimum Gasteiger partial charge on any atom is -0.467 e. The van der Waals surface area contributed by atoms with Crippen LogP contribution in [-0.4, -0.2) is 29.6 Å². The standard InChI is InChI=1S/C10H15N3O2/c1-3-10(9(14)15-2)8-7(4-5-13-10)11-6-12-8/h6,13H,3-5H2,1-2H3,(H,11,12). The Morgan fingerprint density at radius 1 is 1.73 bits per heavy atom. The van der Waals surface area contributed by atoms with Gasteiger partial charge in [-0.25, -0.2) is 9.78 Å². The summed E-state index contributed by atoms with van der Waals surface area (Å²) in [4.78, 5) is 19.1. The minimum atomic E-state index is -0.762. The molecule has 2 N–H and O–H groups in total. The first-order chi connectivity index (χ1) is 7.24. The lowest BCUT2D eigenvalue weighted by Gasteiger charge is -2.33. The van der Waals surface area contributed by atoms with Gasteiger partial charge in [-0.05, 0) is 6.42 Å². The van der Waals surface area contributed by atoms with Gasteiger partial charge in [-0.3, -0.25) is 5.32 Å². The van der Waals surface area contributed by atoms with Gasteiger partial charge in [-0.1, -0.05) is 6.92 Å². The number of aromatic amines is 1. The SMILES string of the molecule is CCC1(C(=O)OC)NCCc2[nH]cnc21. The van der Waals surface area contributed by atoms with E-state index in [0.29, 0.717) is 6.42 Å². The van der Waals surface area contributed by atoms with Crippen LogP contribution >= 0.6 is 0 Å². The molecule has 1 aromatic heterocycles. The van der Waals surface area contributed by atoms with Crippen LogP contribution in [0.2, 0.25) is 0 Å². The Morgan fingerprint density at radius 3 is 3.20 bits per heavy atom. The van der Waals surface area contributed by atoms with Gasteiger partial charge in [0.1, 0.15) is 0 Å². The summed E-state index contributed by atoms with van der Waals surface area (Å²) in [5.74, 6) is -0.266. The Hall–Kier alpha value is -1.36. The number of hydrogen-bond acceptors (Lipinski definition) is 4. The molecule has 2 rings (SSSR count). The maximum atomic E-state index is 11.8. The Labute approximate surface area is 88.2 Å². The molecule has 5 heteroatoms. The molecule has 0 saturated heterocycles. The molecule has 1 aliphatic heterocycles. The summed E-state index contributed by atoms with van der Waals surface area (Å²) in [5, 5.41) is 3.22. The van der Waals surface area contributed by atoms with Gasteiger partial charge in [0, 0.05) is 18.7 Å². The predicted molar refractivity (Wildman–Crippen MR) is 54.3 cm³/mol. The predicted octanol–water partition coefficient (Wildman–Crippen LogP) is 0.334. The van der Waals surface area contributed by atoms with Crippen molar-refractivity contribution in [2.75, 3.05) is 13.7 Å². The molecule has 1 unspecified atom stereocenters. The highest BCUT2D eigenvalue weighted by atomic mass is 16.5. The average Bonchev–Trinajstić information content (AvgIpc) is 2.75. The van der Waals surface area contributed by atoms with E-state index in [1.54, 1.807) is 6.33 Å². The number of fused-ring (bicyclic) bond motifs is 1. The highest BCUT2D eigenvalue weighted by Crippen LogP contribution is 2.30. The van der Waals surface area contributed by atoms with Gasteiger partial charge in [0.25, 0.3) is 0 Å². The van der Waals surface area contributed by atoms with Gasteiger partial charge in [0.2, 0.25) is 0 Å². The number of carbonyl (C=O) groups is 1. The Morgan fingerprint density at radius 2 is 2.53 bits per heavy atom. The number of methoxy groups -OCH3 is 1. The maximum absolute atomic E-state index is 11.8. The molecule has 0 radical (unpaired) electrons. The van der Waals surface area contributed by atoms with E-state index in [9.17, 15) is 4.79 Å². The van der Waals surface area contributed by atoms with E-state index >= 15 is 0 Å². The number of esters is 1. The first kappa shape index (κ1) is 10.2. The first-order valence-corrected chi connectivity index (χ1v) is 5.10. The summed E-state index contributed by atoms with van der Waals surface area (Å²) in [6, 6.07) is 0. The number of ether oxygens (including phenoxy) is 1. The van der Waals surface area contributed by atoms with Crippen LogP contribution in [0.4, 0.5) is 0 Å². The minimum absolute atomic E-state index is 0.266. The van der Waals surface area contributed by atoms with E-state index in [0.717, 1.165) is 24.4 Å². The van der Waals surface area contributed by atoms with Crippen LogP contribution in [-0.2, 0) is 21.5 Å². The van der Waals surface area contributed by atoms with Crippen molar-refractivity contribution in [1.29, 1.82) is 0 Å². The highest BCUT2D eigenvalue weighted by molar-refractivity contribution is 5.82. The first-order valence-electron chi connectivity index (χ1n) is 5.10. The van der Waals surface area contributed by atoms with Crippen molar-refractivity contribution in [3.63, 3.8) is 0 Å². The average molecular weight is 209 g/mol. The Balaban J connectivity index is 2.48. The molecule has 15 heavy (non-hydrogen) atoms. The molecular formula is C10H15N3O2. The van der Waals surface area contributed by atoms with Gasteiger partial charge in [0.15, 0.2) is 5.54 Å². The number of H-pyrrole nitrogens is 1. The van der Waals surface area contributed by atoms with Crippen molar-refractivity contribution in [3.05, 3.63) is 17.7 Å². The van der Waals surface area contributed by atoms with Crippen molar-refractivity contribution in [2.24, 2.45) is 0 Å². The Kier molecular flexibility index (Phi) is 2.48. The van der Waals surface area contributed by atoms with Crippen LogP contribution < -0.4 is 5.32 Å². The summed E-state index contributed by atoms with van der Waals surface area (Å²) in [6.07, 6.45) is 3.14. The van der Waals surface area contributed by atoms with Gasteiger partial charge in [-0.15, -0.1) is 0 Å². The van der Waals surface area contributed by atoms with Crippen molar-refractivity contribution < 1.29 is 9.53 Å². The zero-order valence-electron chi connectivity index (χ0n) is 8.96. The second-order valence-corrected chi connectivity index (χ2v) is 3.66. The second-order valence-electron chi connectivity index (χ2n) is 3.66. The molecule has 0 fully saturated rings. The lowest BCUT2D eigenvalue weighted by Crippen LogP contribution is -2.53. The number of nitrogens with one attached hydrogen (secondary N) is 2. The molecule has 1 aliphatic rings. The summed E-state index contributed by atoms with van der Waals surface area (Å²) in [5.41, 5.74) is 1.05. The fourth-order valence-corrected chi connectivity index (χ4v) is 2.14. The van der Waals surface area contributed by atoms with E-state index in [4.69, 9.17) is 4.74 Å². The van der Waals surface area contributed by atoms with Crippen LogP contribution in [0.5, 0.6) is 0 Å². The van der Waals surface area contributed by atoms with E-state index in [1.165, 1.54) is 7.11 Å². The fraction of sp³-hybridized carbons (Fsp3) is 0.600.